The Morgan fingerprint density at radius 2 is 2.22 bits per heavy atom. The van der Waals surface area contributed by atoms with E-state index < -0.39 is 0 Å². The zero-order valence-electron chi connectivity index (χ0n) is 9.71. The Bertz CT molecular complexity index is 545. The van der Waals surface area contributed by atoms with Crippen molar-refractivity contribution in [1.82, 2.24) is 5.32 Å². The number of fused-ring (bicyclic) bond motifs is 1. The maximum atomic E-state index is 6.03. The Kier molecular flexibility index (Phi) is 4.03. The summed E-state index contributed by atoms with van der Waals surface area (Å²) < 4.78 is 0. The summed E-state index contributed by atoms with van der Waals surface area (Å²) >= 11 is 6.03. The minimum absolute atomic E-state index is 0. The molecule has 0 atom stereocenters. The van der Waals surface area contributed by atoms with E-state index in [1.807, 2.05) is 6.07 Å². The van der Waals surface area contributed by atoms with Gasteiger partial charge in [0.25, 0.3) is 6.34 Å². The van der Waals surface area contributed by atoms with Crippen LogP contribution in [0.25, 0.3) is 5.57 Å². The van der Waals surface area contributed by atoms with Gasteiger partial charge < -0.3 is 12.4 Å². The lowest BCUT2D eigenvalue weighted by Gasteiger charge is -2.18. The third kappa shape index (κ3) is 2.56. The minimum atomic E-state index is 0. The van der Waals surface area contributed by atoms with Crippen molar-refractivity contribution in [2.75, 3.05) is 0 Å². The van der Waals surface area contributed by atoms with Crippen molar-refractivity contribution in [3.63, 3.8) is 0 Å². The molecule has 0 fully saturated rings. The largest absolute Gasteiger partial charge is 1.00 e. The summed E-state index contributed by atoms with van der Waals surface area (Å²) in [5.41, 5.74) is 5.01. The highest BCUT2D eigenvalue weighted by atomic mass is 35.5. The molecule has 18 heavy (non-hydrogen) atoms. The van der Waals surface area contributed by atoms with Crippen LogP contribution >= 0.6 is 11.6 Å². The average Bonchev–Trinajstić information content (AvgIpc) is 2.82. The Morgan fingerprint density at radius 1 is 1.33 bits per heavy atom. The van der Waals surface area contributed by atoms with E-state index in [9.17, 15) is 0 Å². The number of aliphatic imine (C=N–C) groups is 1. The molecule has 92 valence electrons. The van der Waals surface area contributed by atoms with E-state index in [4.69, 9.17) is 11.6 Å². The first-order chi connectivity index (χ1) is 8.33. The van der Waals surface area contributed by atoms with Gasteiger partial charge in [-0.1, -0.05) is 17.7 Å². The van der Waals surface area contributed by atoms with Gasteiger partial charge in [0.05, 0.1) is 0 Å². The lowest BCUT2D eigenvalue weighted by atomic mass is 9.87. The molecule has 0 amide bonds. The molecular weight excluding hydrogens is 267 g/mol. The fourth-order valence-electron chi connectivity index (χ4n) is 2.33. The Hall–Kier alpha value is -1.34. The van der Waals surface area contributed by atoms with Gasteiger partial charge in [-0.25, -0.2) is 0 Å². The summed E-state index contributed by atoms with van der Waals surface area (Å²) in [5, 5.41) is 3.81. The fourth-order valence-corrected chi connectivity index (χ4v) is 2.52. The van der Waals surface area contributed by atoms with Crippen LogP contribution in [0.1, 0.15) is 24.0 Å². The first-order valence-corrected chi connectivity index (χ1v) is 6.11. The van der Waals surface area contributed by atoms with Crippen molar-refractivity contribution >= 4 is 23.5 Å². The molecule has 1 heterocycles. The van der Waals surface area contributed by atoms with Crippen molar-refractivity contribution in [2.24, 2.45) is 4.99 Å². The van der Waals surface area contributed by atoms with Crippen molar-refractivity contribution < 1.29 is 12.4 Å². The number of nitrogens with one attached hydrogen (secondary N) is 1. The van der Waals surface area contributed by atoms with E-state index in [1.165, 1.54) is 23.1 Å². The highest BCUT2D eigenvalue weighted by Crippen LogP contribution is 2.33. The summed E-state index contributed by atoms with van der Waals surface area (Å²) in [6.07, 6.45) is 10.0. The van der Waals surface area contributed by atoms with Crippen LogP contribution in [0, 0.1) is 0 Å². The zero-order valence-corrected chi connectivity index (χ0v) is 11.2. The van der Waals surface area contributed by atoms with Gasteiger partial charge in [-0.3, -0.25) is 0 Å². The number of halogens is 2. The standard InChI is InChI=1S/C14H12ClN2.ClH/c15-12-4-5-14-10(6-12)2-1-3-11(14)7-13-8-16-9-17-13;/h4-8H,1-3H2,(H,16,17);1H/q+1;/p-1. The topological polar surface area (TPSA) is 24.4 Å². The van der Waals surface area contributed by atoms with Gasteiger partial charge in [0.15, 0.2) is 0 Å². The monoisotopic (exact) mass is 278 g/mol. The van der Waals surface area contributed by atoms with Crippen LogP contribution in [0.2, 0.25) is 5.02 Å². The summed E-state index contributed by atoms with van der Waals surface area (Å²) in [7, 11) is 0. The van der Waals surface area contributed by atoms with Crippen LogP contribution in [0.3, 0.4) is 0 Å². The third-order valence-corrected chi connectivity index (χ3v) is 3.34. The molecule has 0 bridgehead atoms. The number of rotatable bonds is 1. The average molecular weight is 279 g/mol. The first kappa shape index (κ1) is 13.1. The van der Waals surface area contributed by atoms with Crippen LogP contribution in [0.4, 0.5) is 0 Å². The Morgan fingerprint density at radius 3 is 3.00 bits per heavy atom. The van der Waals surface area contributed by atoms with Crippen LogP contribution < -0.4 is 17.7 Å². The number of benzene rings is 1. The smallest absolute Gasteiger partial charge is 0.253 e. The predicted molar refractivity (Wildman–Crippen MR) is 71.0 cm³/mol. The number of allylic oxidation sites excluding steroid dienone is 2. The van der Waals surface area contributed by atoms with Crippen LogP contribution in [-0.4, -0.2) is 6.34 Å². The molecule has 1 N–H and O–H groups in total. The maximum absolute atomic E-state index is 6.03. The molecule has 0 radical (unpaired) electrons. The molecule has 1 aliphatic heterocycles. The molecule has 0 spiro atoms. The Labute approximate surface area is 118 Å². The number of hydrogen-bond acceptors (Lipinski definition) is 2. The molecule has 1 aromatic carbocycles. The molecule has 1 aliphatic carbocycles. The molecule has 1 aromatic rings. The van der Waals surface area contributed by atoms with E-state index >= 15 is 0 Å². The van der Waals surface area contributed by atoms with Crippen molar-refractivity contribution in [3.8, 4) is 0 Å². The molecule has 0 saturated heterocycles. The summed E-state index contributed by atoms with van der Waals surface area (Å²) in [5.74, 6) is 0. The van der Waals surface area contributed by atoms with E-state index in [-0.39, 0.29) is 12.4 Å². The number of hydrogen-bond donors (Lipinski definition) is 1. The van der Waals surface area contributed by atoms with Crippen LogP contribution in [-0.2, 0) is 6.42 Å². The van der Waals surface area contributed by atoms with Gasteiger partial charge in [-0.05, 0) is 53.1 Å². The number of aryl methyl sites for hydroxylation is 1. The minimum Gasteiger partial charge on any atom is -1.00 e. The summed E-state index contributed by atoms with van der Waals surface area (Å²) in [6, 6.07) is 6.14. The van der Waals surface area contributed by atoms with Gasteiger partial charge >= 0.3 is 0 Å². The molecule has 0 unspecified atom stereocenters. The van der Waals surface area contributed by atoms with Crippen LogP contribution in [0.15, 0.2) is 41.2 Å². The van der Waals surface area contributed by atoms with E-state index in [1.54, 1.807) is 6.20 Å². The molecule has 2 aliphatic rings. The van der Waals surface area contributed by atoms with Gasteiger partial charge in [-0.2, -0.15) is 5.32 Å². The molecule has 0 saturated carbocycles. The molecular formula is C14H12Cl2N2. The van der Waals surface area contributed by atoms with Crippen molar-refractivity contribution in [2.45, 2.75) is 19.3 Å². The predicted octanol–water partition coefficient (Wildman–Crippen LogP) is 0.414. The van der Waals surface area contributed by atoms with Gasteiger partial charge in [-0.15, -0.1) is 0 Å². The SMILES string of the molecule is Clc1ccc2c(c1)CCCC2=CC1=CN=[C+]N1.[Cl-]. The fraction of sp³-hybridized carbons (Fsp3) is 0.214. The lowest BCUT2D eigenvalue weighted by molar-refractivity contribution is -0.00000335. The second-order valence-electron chi connectivity index (χ2n) is 4.27. The third-order valence-electron chi connectivity index (χ3n) is 3.10. The molecule has 3 rings (SSSR count). The highest BCUT2D eigenvalue weighted by molar-refractivity contribution is 6.30. The van der Waals surface area contributed by atoms with E-state index in [2.05, 4.69) is 34.9 Å². The normalized spacial score (nSPS) is 18.5. The van der Waals surface area contributed by atoms with E-state index in [0.29, 0.717) is 0 Å². The number of nitrogens with zero attached hydrogens (tertiary/aromatic N) is 1. The van der Waals surface area contributed by atoms with Crippen molar-refractivity contribution in [3.05, 3.63) is 52.3 Å². The summed E-state index contributed by atoms with van der Waals surface area (Å²) in [6.45, 7) is 0. The zero-order chi connectivity index (χ0) is 11.7. The molecule has 2 nitrogen and oxygen atoms in total. The van der Waals surface area contributed by atoms with Crippen molar-refractivity contribution in [1.29, 1.82) is 0 Å². The second kappa shape index (κ2) is 5.53. The van der Waals surface area contributed by atoms with Gasteiger partial charge in [0.2, 0.25) is 11.9 Å². The maximum Gasteiger partial charge on any atom is 0.253 e. The quantitative estimate of drug-likeness (QED) is 0.740. The van der Waals surface area contributed by atoms with Gasteiger partial charge in [0.1, 0.15) is 0 Å². The lowest BCUT2D eigenvalue weighted by Crippen LogP contribution is -3.00. The Balaban J connectivity index is 0.00000120. The first-order valence-electron chi connectivity index (χ1n) is 5.73. The molecule has 0 aromatic heterocycles. The molecule has 4 heteroatoms. The van der Waals surface area contributed by atoms with Gasteiger partial charge in [0, 0.05) is 11.1 Å². The van der Waals surface area contributed by atoms with E-state index in [0.717, 1.165) is 23.6 Å². The van der Waals surface area contributed by atoms with Crippen LogP contribution in [0.5, 0.6) is 0 Å². The second-order valence-corrected chi connectivity index (χ2v) is 4.71. The highest BCUT2D eigenvalue weighted by Gasteiger charge is 2.17. The summed E-state index contributed by atoms with van der Waals surface area (Å²) in [4.78, 5) is 3.91.